The van der Waals surface area contributed by atoms with E-state index >= 15 is 0 Å². The van der Waals surface area contributed by atoms with Gasteiger partial charge in [-0.3, -0.25) is 4.79 Å². The van der Waals surface area contributed by atoms with Crippen molar-refractivity contribution in [1.29, 1.82) is 0 Å². The van der Waals surface area contributed by atoms with Crippen molar-refractivity contribution in [2.45, 2.75) is 24.8 Å². The fraction of sp³-hybridized carbons (Fsp3) is 0.188. The zero-order valence-electron chi connectivity index (χ0n) is 11.9. The van der Waals surface area contributed by atoms with Crippen LogP contribution in [0.4, 0.5) is 0 Å². The van der Waals surface area contributed by atoms with Crippen molar-refractivity contribution in [1.82, 2.24) is 4.72 Å². The van der Waals surface area contributed by atoms with Crippen molar-refractivity contribution in [3.8, 4) is 0 Å². The van der Waals surface area contributed by atoms with Crippen LogP contribution in [0.25, 0.3) is 0 Å². The summed E-state index contributed by atoms with van der Waals surface area (Å²) in [5, 5.41) is 0. The monoisotopic (exact) mass is 303 g/mol. The summed E-state index contributed by atoms with van der Waals surface area (Å²) in [5.41, 5.74) is 1.26. The van der Waals surface area contributed by atoms with E-state index in [1.54, 1.807) is 19.1 Å². The smallest absolute Gasteiger partial charge is 0.241 e. The third-order valence-corrected chi connectivity index (χ3v) is 4.72. The second-order valence-electron chi connectivity index (χ2n) is 4.84. The first kappa shape index (κ1) is 15.4. The van der Waals surface area contributed by atoms with Crippen LogP contribution in [-0.4, -0.2) is 14.2 Å². The summed E-state index contributed by atoms with van der Waals surface area (Å²) in [5.74, 6) is -0.164. The molecule has 2 aromatic carbocycles. The molecule has 0 saturated heterocycles. The molecule has 0 aliphatic rings. The number of carbonyl (C=O) groups is 1. The number of benzene rings is 2. The van der Waals surface area contributed by atoms with Crippen LogP contribution in [-0.2, 0) is 10.0 Å². The second-order valence-corrected chi connectivity index (χ2v) is 6.55. The van der Waals surface area contributed by atoms with Gasteiger partial charge in [-0.2, -0.15) is 0 Å². The van der Waals surface area contributed by atoms with Crippen LogP contribution in [0.15, 0.2) is 59.5 Å². The lowest BCUT2D eigenvalue weighted by Gasteiger charge is -2.15. The minimum absolute atomic E-state index is 0.0954. The highest BCUT2D eigenvalue weighted by molar-refractivity contribution is 7.89. The Balaban J connectivity index is 2.26. The Hall–Kier alpha value is -1.98. The Kier molecular flexibility index (Phi) is 4.55. The number of hydrogen-bond acceptors (Lipinski definition) is 3. The van der Waals surface area contributed by atoms with Gasteiger partial charge in [0.25, 0.3) is 0 Å². The summed E-state index contributed by atoms with van der Waals surface area (Å²) in [4.78, 5) is 11.4. The van der Waals surface area contributed by atoms with Crippen molar-refractivity contribution >= 4 is 15.8 Å². The van der Waals surface area contributed by atoms with E-state index in [0.717, 1.165) is 5.56 Å². The number of Topliss-reactive ketones (excluding diaryl/α,β-unsaturated/α-hetero) is 1. The molecule has 5 heteroatoms. The van der Waals surface area contributed by atoms with Gasteiger partial charge in [0.1, 0.15) is 0 Å². The van der Waals surface area contributed by atoms with Gasteiger partial charge in [0.15, 0.2) is 5.78 Å². The van der Waals surface area contributed by atoms with Crippen LogP contribution in [0, 0.1) is 0 Å². The molecule has 2 rings (SSSR count). The lowest BCUT2D eigenvalue weighted by Crippen LogP contribution is -2.27. The van der Waals surface area contributed by atoms with Gasteiger partial charge in [0, 0.05) is 11.6 Å². The first-order chi connectivity index (χ1) is 9.90. The van der Waals surface area contributed by atoms with E-state index < -0.39 is 10.0 Å². The number of sulfonamides is 1. The van der Waals surface area contributed by atoms with Gasteiger partial charge in [0.2, 0.25) is 10.0 Å². The molecule has 0 aliphatic heterocycles. The predicted octanol–water partition coefficient (Wildman–Crippen LogP) is 2.93. The molecule has 4 nitrogen and oxygen atoms in total. The molecule has 0 bridgehead atoms. The fourth-order valence-corrected chi connectivity index (χ4v) is 3.27. The molecule has 110 valence electrons. The molecule has 2 aromatic rings. The van der Waals surface area contributed by atoms with Gasteiger partial charge < -0.3 is 0 Å². The highest BCUT2D eigenvalue weighted by Gasteiger charge is 2.19. The summed E-state index contributed by atoms with van der Waals surface area (Å²) < 4.78 is 27.4. The van der Waals surface area contributed by atoms with E-state index in [1.807, 2.05) is 30.3 Å². The first-order valence-corrected chi connectivity index (χ1v) is 8.07. The van der Waals surface area contributed by atoms with Crippen molar-refractivity contribution in [3.05, 3.63) is 65.7 Å². The highest BCUT2D eigenvalue weighted by Crippen LogP contribution is 2.17. The average molecular weight is 303 g/mol. The fourth-order valence-electron chi connectivity index (χ4n) is 1.99. The van der Waals surface area contributed by atoms with Gasteiger partial charge in [-0.05, 0) is 31.5 Å². The molecule has 0 heterocycles. The Morgan fingerprint density at radius 3 is 2.33 bits per heavy atom. The molecule has 0 aromatic heterocycles. The summed E-state index contributed by atoms with van der Waals surface area (Å²) >= 11 is 0. The second kappa shape index (κ2) is 6.20. The predicted molar refractivity (Wildman–Crippen MR) is 81.6 cm³/mol. The number of nitrogens with one attached hydrogen (secondary N) is 1. The minimum Gasteiger partial charge on any atom is -0.295 e. The lowest BCUT2D eigenvalue weighted by atomic mass is 10.1. The standard InChI is InChI=1S/C16H17NO3S/c1-12(14-7-4-3-5-8-14)17-21(19,20)16-10-6-9-15(11-16)13(2)18/h3-12,17H,1-2H3/t12-/m0/s1. The summed E-state index contributed by atoms with van der Waals surface area (Å²) in [6.07, 6.45) is 0. The summed E-state index contributed by atoms with van der Waals surface area (Å²) in [6, 6.07) is 15.0. The van der Waals surface area contributed by atoms with Crippen molar-refractivity contribution in [3.63, 3.8) is 0 Å². The average Bonchev–Trinajstić information content (AvgIpc) is 2.48. The number of carbonyl (C=O) groups excluding carboxylic acids is 1. The third-order valence-electron chi connectivity index (χ3n) is 3.18. The van der Waals surface area contributed by atoms with Crippen LogP contribution in [0.5, 0.6) is 0 Å². The van der Waals surface area contributed by atoms with Gasteiger partial charge in [0.05, 0.1) is 4.90 Å². The molecule has 0 unspecified atom stereocenters. The van der Waals surface area contributed by atoms with Crippen molar-refractivity contribution in [2.75, 3.05) is 0 Å². The van der Waals surface area contributed by atoms with Gasteiger partial charge in [-0.15, -0.1) is 0 Å². The molecule has 1 N–H and O–H groups in total. The third kappa shape index (κ3) is 3.77. The Labute approximate surface area is 124 Å². The van der Waals surface area contributed by atoms with Gasteiger partial charge in [-0.25, -0.2) is 13.1 Å². The van der Waals surface area contributed by atoms with Gasteiger partial charge >= 0.3 is 0 Å². The quantitative estimate of drug-likeness (QED) is 0.864. The van der Waals surface area contributed by atoms with E-state index in [4.69, 9.17) is 0 Å². The van der Waals surface area contributed by atoms with Crippen LogP contribution >= 0.6 is 0 Å². The zero-order chi connectivity index (χ0) is 15.5. The molecular weight excluding hydrogens is 286 g/mol. The molecule has 0 aliphatic carbocycles. The van der Waals surface area contributed by atoms with Crippen molar-refractivity contribution < 1.29 is 13.2 Å². The SMILES string of the molecule is CC(=O)c1cccc(S(=O)(=O)N[C@@H](C)c2ccccc2)c1. The zero-order valence-corrected chi connectivity index (χ0v) is 12.7. The first-order valence-electron chi connectivity index (χ1n) is 6.58. The van der Waals surface area contributed by atoms with Crippen LogP contribution < -0.4 is 4.72 Å². The molecular formula is C16H17NO3S. The van der Waals surface area contributed by atoms with E-state index in [2.05, 4.69) is 4.72 Å². The lowest BCUT2D eigenvalue weighted by molar-refractivity contribution is 0.101. The molecule has 0 amide bonds. The molecule has 0 fully saturated rings. The number of hydrogen-bond donors (Lipinski definition) is 1. The molecule has 21 heavy (non-hydrogen) atoms. The van der Waals surface area contributed by atoms with E-state index in [0.29, 0.717) is 5.56 Å². The maximum Gasteiger partial charge on any atom is 0.241 e. The topological polar surface area (TPSA) is 63.2 Å². The molecule has 0 spiro atoms. The summed E-state index contributed by atoms with van der Waals surface area (Å²) in [6.45, 7) is 3.19. The molecule has 1 atom stereocenters. The molecule has 0 radical (unpaired) electrons. The Morgan fingerprint density at radius 2 is 1.71 bits per heavy atom. The summed E-state index contributed by atoms with van der Waals surface area (Å²) in [7, 11) is -3.67. The maximum atomic E-state index is 12.4. The van der Waals surface area contributed by atoms with Crippen molar-refractivity contribution in [2.24, 2.45) is 0 Å². The largest absolute Gasteiger partial charge is 0.295 e. The van der Waals surface area contributed by atoms with E-state index in [-0.39, 0.29) is 16.7 Å². The Bertz CT molecular complexity index is 739. The Morgan fingerprint density at radius 1 is 1.05 bits per heavy atom. The number of rotatable bonds is 5. The molecule has 0 saturated carbocycles. The highest BCUT2D eigenvalue weighted by atomic mass is 32.2. The van der Waals surface area contributed by atoms with Crippen LogP contribution in [0.3, 0.4) is 0 Å². The maximum absolute atomic E-state index is 12.4. The van der Waals surface area contributed by atoms with Crippen LogP contribution in [0.2, 0.25) is 0 Å². The van der Waals surface area contributed by atoms with Gasteiger partial charge in [-0.1, -0.05) is 42.5 Å². The number of ketones is 1. The van der Waals surface area contributed by atoms with Crippen LogP contribution in [0.1, 0.15) is 35.8 Å². The van der Waals surface area contributed by atoms with E-state index in [9.17, 15) is 13.2 Å². The minimum atomic E-state index is -3.67. The van der Waals surface area contributed by atoms with E-state index in [1.165, 1.54) is 19.1 Å². The normalized spacial score (nSPS) is 12.9.